The Bertz CT molecular complexity index is 569. The van der Waals surface area contributed by atoms with Crippen LogP contribution in [0.4, 0.5) is 5.82 Å². The van der Waals surface area contributed by atoms with Gasteiger partial charge in [-0.05, 0) is 62.2 Å². The van der Waals surface area contributed by atoms with Crippen molar-refractivity contribution in [1.29, 1.82) is 0 Å². The molecule has 25 heavy (non-hydrogen) atoms. The van der Waals surface area contributed by atoms with Crippen LogP contribution in [0.15, 0.2) is 18.3 Å². The van der Waals surface area contributed by atoms with Gasteiger partial charge in [0.25, 0.3) is 0 Å². The van der Waals surface area contributed by atoms with Gasteiger partial charge in [-0.2, -0.15) is 0 Å². The van der Waals surface area contributed by atoms with E-state index < -0.39 is 0 Å². The molecule has 3 aliphatic rings. The van der Waals surface area contributed by atoms with E-state index in [2.05, 4.69) is 32.7 Å². The van der Waals surface area contributed by atoms with E-state index in [9.17, 15) is 4.79 Å². The molecule has 1 unspecified atom stereocenters. The highest BCUT2D eigenvalue weighted by Gasteiger charge is 2.57. The van der Waals surface area contributed by atoms with Crippen molar-refractivity contribution in [2.45, 2.75) is 38.6 Å². The van der Waals surface area contributed by atoms with Gasteiger partial charge in [0.05, 0.1) is 0 Å². The fourth-order valence-electron chi connectivity index (χ4n) is 4.16. The number of carbonyl (C=O) groups excluding carboxylic acids is 1. The maximum absolute atomic E-state index is 12.4. The molecule has 0 aromatic carbocycles. The Labute approximate surface area is 162 Å². The predicted molar refractivity (Wildman–Crippen MR) is 105 cm³/mol. The van der Waals surface area contributed by atoms with Crippen molar-refractivity contribution < 1.29 is 4.79 Å². The van der Waals surface area contributed by atoms with E-state index in [4.69, 9.17) is 0 Å². The Morgan fingerprint density at radius 1 is 1.24 bits per heavy atom. The third-order valence-electron chi connectivity index (χ3n) is 5.81. The largest absolute Gasteiger partial charge is 0.357 e. The van der Waals surface area contributed by atoms with Crippen LogP contribution in [-0.4, -0.2) is 37.1 Å². The number of hydrogen-bond donors (Lipinski definition) is 2. The molecule has 2 N–H and O–H groups in total. The molecule has 4 rings (SSSR count). The van der Waals surface area contributed by atoms with Crippen molar-refractivity contribution in [1.82, 2.24) is 15.6 Å². The Morgan fingerprint density at radius 3 is 2.60 bits per heavy atom. The lowest BCUT2D eigenvalue weighted by Gasteiger charge is -2.23. The van der Waals surface area contributed by atoms with E-state index in [1.165, 1.54) is 12.8 Å². The van der Waals surface area contributed by atoms with Gasteiger partial charge in [0.2, 0.25) is 5.91 Å². The third-order valence-corrected chi connectivity index (χ3v) is 5.81. The van der Waals surface area contributed by atoms with Gasteiger partial charge < -0.3 is 15.5 Å². The van der Waals surface area contributed by atoms with Gasteiger partial charge in [0.15, 0.2) is 0 Å². The predicted octanol–water partition coefficient (Wildman–Crippen LogP) is 2.53. The summed E-state index contributed by atoms with van der Waals surface area (Å²) >= 11 is 0. The number of hydrogen-bond acceptors (Lipinski definition) is 4. The summed E-state index contributed by atoms with van der Waals surface area (Å²) in [5.74, 6) is 1.53. The topological polar surface area (TPSA) is 57.3 Å². The molecule has 7 heteroatoms. The van der Waals surface area contributed by atoms with E-state index in [0.29, 0.717) is 12.0 Å². The Balaban J connectivity index is 0.00000113. The molecule has 2 saturated heterocycles. The lowest BCUT2D eigenvalue weighted by molar-refractivity contribution is -0.123. The van der Waals surface area contributed by atoms with Crippen LogP contribution in [0.25, 0.3) is 0 Å². The Hall–Kier alpha value is -1.04. The van der Waals surface area contributed by atoms with Crippen LogP contribution in [-0.2, 0) is 11.3 Å². The first-order valence-corrected chi connectivity index (χ1v) is 8.95. The van der Waals surface area contributed by atoms with Gasteiger partial charge in [0.1, 0.15) is 5.82 Å². The van der Waals surface area contributed by atoms with E-state index in [0.717, 1.165) is 56.8 Å². The number of carbonyl (C=O) groups is 1. The number of aromatic nitrogens is 1. The third kappa shape index (κ3) is 4.39. The lowest BCUT2D eigenvalue weighted by Crippen LogP contribution is -2.33. The molecule has 1 saturated carbocycles. The Morgan fingerprint density at radius 2 is 1.96 bits per heavy atom. The minimum atomic E-state index is 0. The van der Waals surface area contributed by atoms with E-state index in [-0.39, 0.29) is 36.6 Å². The molecule has 0 radical (unpaired) electrons. The highest BCUT2D eigenvalue weighted by molar-refractivity contribution is 5.85. The number of halogens is 2. The van der Waals surface area contributed by atoms with Gasteiger partial charge in [-0.25, -0.2) is 4.98 Å². The summed E-state index contributed by atoms with van der Waals surface area (Å²) in [4.78, 5) is 19.2. The molecule has 1 spiro atoms. The van der Waals surface area contributed by atoms with Crippen LogP contribution in [0, 0.1) is 11.3 Å². The molecule has 1 aromatic rings. The highest BCUT2D eigenvalue weighted by atomic mass is 35.5. The maximum Gasteiger partial charge on any atom is 0.223 e. The summed E-state index contributed by atoms with van der Waals surface area (Å²) in [6.07, 6.45) is 7.80. The van der Waals surface area contributed by atoms with Crippen molar-refractivity contribution in [3.8, 4) is 0 Å². The van der Waals surface area contributed by atoms with Crippen LogP contribution in [0.3, 0.4) is 0 Å². The fraction of sp³-hybridized carbons (Fsp3) is 0.667. The summed E-state index contributed by atoms with van der Waals surface area (Å²) in [5.41, 5.74) is 1.40. The first-order chi connectivity index (χ1) is 11.3. The average Bonchev–Trinajstić information content (AvgIpc) is 3.03. The van der Waals surface area contributed by atoms with Crippen molar-refractivity contribution in [3.63, 3.8) is 0 Å². The van der Waals surface area contributed by atoms with Gasteiger partial charge in [-0.1, -0.05) is 6.07 Å². The van der Waals surface area contributed by atoms with Crippen molar-refractivity contribution in [2.24, 2.45) is 11.3 Å². The van der Waals surface area contributed by atoms with Gasteiger partial charge in [-0.15, -0.1) is 24.8 Å². The summed E-state index contributed by atoms with van der Waals surface area (Å²) in [7, 11) is 0. The number of nitrogens with one attached hydrogen (secondary N) is 2. The number of piperidine rings is 1. The minimum absolute atomic E-state index is 0. The molecule has 0 bridgehead atoms. The van der Waals surface area contributed by atoms with E-state index >= 15 is 0 Å². The normalized spacial score (nSPS) is 23.5. The summed E-state index contributed by atoms with van der Waals surface area (Å²) in [6, 6.07) is 4.17. The second-order valence-electron chi connectivity index (χ2n) is 7.31. The fourth-order valence-corrected chi connectivity index (χ4v) is 4.16. The zero-order valence-corrected chi connectivity index (χ0v) is 16.1. The zero-order valence-electron chi connectivity index (χ0n) is 14.5. The van der Waals surface area contributed by atoms with Crippen LogP contribution in [0.2, 0.25) is 0 Å². The maximum atomic E-state index is 12.4. The number of anilines is 1. The molecule has 5 nitrogen and oxygen atoms in total. The van der Waals surface area contributed by atoms with Crippen molar-refractivity contribution in [3.05, 3.63) is 23.9 Å². The standard InChI is InChI=1S/C18H26N4O.2ClH/c23-17(15-11-18(15)5-7-19-8-6-18)21-13-14-3-4-16(20-12-14)22-9-1-2-10-22;;/h3-4,12,15,19H,1-2,5-11,13H2,(H,21,23);2*1H. The van der Waals surface area contributed by atoms with Crippen LogP contribution in [0.1, 0.15) is 37.7 Å². The second-order valence-corrected chi connectivity index (χ2v) is 7.31. The molecule has 1 aliphatic carbocycles. The zero-order chi connectivity index (χ0) is 15.7. The molecule has 3 heterocycles. The smallest absolute Gasteiger partial charge is 0.223 e. The van der Waals surface area contributed by atoms with Crippen molar-refractivity contribution in [2.75, 3.05) is 31.1 Å². The monoisotopic (exact) mass is 386 g/mol. The van der Waals surface area contributed by atoms with E-state index in [1.807, 2.05) is 6.20 Å². The molecular weight excluding hydrogens is 359 g/mol. The molecule has 1 amide bonds. The summed E-state index contributed by atoms with van der Waals surface area (Å²) in [6.45, 7) is 4.94. The quantitative estimate of drug-likeness (QED) is 0.834. The highest BCUT2D eigenvalue weighted by Crippen LogP contribution is 2.58. The van der Waals surface area contributed by atoms with Crippen molar-refractivity contribution >= 4 is 36.5 Å². The molecule has 2 aliphatic heterocycles. The average molecular weight is 387 g/mol. The van der Waals surface area contributed by atoms with Gasteiger partial charge in [-0.3, -0.25) is 4.79 Å². The molecule has 3 fully saturated rings. The SMILES string of the molecule is Cl.Cl.O=C(NCc1ccc(N2CCCC2)nc1)C1CC12CCNCC2. The first-order valence-electron chi connectivity index (χ1n) is 8.95. The van der Waals surface area contributed by atoms with Crippen LogP contribution < -0.4 is 15.5 Å². The molecule has 140 valence electrons. The summed E-state index contributed by atoms with van der Waals surface area (Å²) in [5, 5.41) is 6.49. The van der Waals surface area contributed by atoms with E-state index in [1.54, 1.807) is 0 Å². The number of rotatable bonds is 4. The lowest BCUT2D eigenvalue weighted by atomic mass is 9.92. The number of nitrogens with zero attached hydrogens (tertiary/aromatic N) is 2. The van der Waals surface area contributed by atoms with Crippen LogP contribution >= 0.6 is 24.8 Å². The minimum Gasteiger partial charge on any atom is -0.357 e. The van der Waals surface area contributed by atoms with Gasteiger partial charge >= 0.3 is 0 Å². The number of pyridine rings is 1. The van der Waals surface area contributed by atoms with Gasteiger partial charge in [0, 0.05) is 31.7 Å². The molecule has 1 atom stereocenters. The van der Waals surface area contributed by atoms with Crippen LogP contribution in [0.5, 0.6) is 0 Å². The Kier molecular flexibility index (Phi) is 6.94. The second kappa shape index (κ2) is 8.56. The molecule has 1 aromatic heterocycles. The molecular formula is C18H28Cl2N4O. The first kappa shape index (κ1) is 20.3. The summed E-state index contributed by atoms with van der Waals surface area (Å²) < 4.78 is 0. The number of amides is 1.